The summed E-state index contributed by atoms with van der Waals surface area (Å²) in [7, 11) is 2.78. The third kappa shape index (κ3) is 4.78. The number of ether oxygens (including phenoxy) is 3. The molecule has 0 saturated heterocycles. The zero-order valence-corrected chi connectivity index (χ0v) is 21.1. The smallest absolute Gasteiger partial charge is 0.341 e. The molecule has 0 radical (unpaired) electrons. The zero-order valence-electron chi connectivity index (χ0n) is 21.1. The molecule has 40 heavy (non-hydrogen) atoms. The first kappa shape index (κ1) is 25.9. The van der Waals surface area contributed by atoms with Crippen LogP contribution in [0.15, 0.2) is 75.0 Å². The molecule has 13 heteroatoms. The number of fused-ring (bicyclic) bond motifs is 2. The Morgan fingerprint density at radius 1 is 1.10 bits per heavy atom. The Bertz CT molecular complexity index is 1870. The molecular formula is C27H20N4O9. The van der Waals surface area contributed by atoms with E-state index in [1.807, 2.05) is 0 Å². The topological polar surface area (TPSA) is 169 Å². The van der Waals surface area contributed by atoms with Gasteiger partial charge in [-0.15, -0.1) is 0 Å². The molecule has 0 fully saturated rings. The lowest BCUT2D eigenvalue weighted by atomic mass is 10.2. The van der Waals surface area contributed by atoms with E-state index in [2.05, 4.69) is 10.1 Å². The fraction of sp³-hybridized carbons (Fsp3) is 0.111. The minimum absolute atomic E-state index is 0.0843. The second kappa shape index (κ2) is 10.6. The number of furan rings is 1. The number of hydrogen-bond donors (Lipinski definition) is 1. The molecule has 0 unspecified atom stereocenters. The van der Waals surface area contributed by atoms with E-state index in [1.165, 1.54) is 26.5 Å². The second-order valence-corrected chi connectivity index (χ2v) is 8.31. The van der Waals surface area contributed by atoms with Crippen molar-refractivity contribution in [2.45, 2.75) is 0 Å². The van der Waals surface area contributed by atoms with Gasteiger partial charge in [-0.2, -0.15) is 9.78 Å². The van der Waals surface area contributed by atoms with Gasteiger partial charge in [-0.25, -0.2) is 9.78 Å². The number of aromatic nitrogens is 2. The van der Waals surface area contributed by atoms with Gasteiger partial charge in [-0.1, -0.05) is 18.2 Å². The maximum atomic E-state index is 13.5. The summed E-state index contributed by atoms with van der Waals surface area (Å²) in [5.74, 6) is -0.878. The van der Waals surface area contributed by atoms with Crippen LogP contribution >= 0.6 is 0 Å². The molecule has 0 bridgehead atoms. The molecule has 0 saturated carbocycles. The van der Waals surface area contributed by atoms with Gasteiger partial charge < -0.3 is 23.7 Å². The lowest BCUT2D eigenvalue weighted by molar-refractivity contribution is -0.385. The summed E-state index contributed by atoms with van der Waals surface area (Å²) >= 11 is 0. The van der Waals surface area contributed by atoms with Crippen LogP contribution in [0.1, 0.15) is 5.56 Å². The molecule has 0 aliphatic rings. The number of benzene rings is 3. The summed E-state index contributed by atoms with van der Waals surface area (Å²) in [5.41, 5.74) is 0.0366. The molecular weight excluding hydrogens is 524 g/mol. The van der Waals surface area contributed by atoms with Crippen molar-refractivity contribution < 1.29 is 33.5 Å². The molecule has 5 aromatic rings. The monoisotopic (exact) mass is 544 g/mol. The molecule has 1 N–H and O–H groups in total. The van der Waals surface area contributed by atoms with Crippen LogP contribution in [0.5, 0.6) is 17.2 Å². The van der Waals surface area contributed by atoms with Gasteiger partial charge in [-0.05, 0) is 36.4 Å². The Morgan fingerprint density at radius 3 is 2.60 bits per heavy atom. The quantitative estimate of drug-likeness (QED) is 0.162. The van der Waals surface area contributed by atoms with Crippen LogP contribution in [0.3, 0.4) is 0 Å². The van der Waals surface area contributed by atoms with Gasteiger partial charge in [0.15, 0.2) is 18.1 Å². The van der Waals surface area contributed by atoms with E-state index in [1.54, 1.807) is 48.5 Å². The van der Waals surface area contributed by atoms with Crippen molar-refractivity contribution >= 4 is 39.7 Å². The third-order valence-corrected chi connectivity index (χ3v) is 5.85. The Kier molecular flexibility index (Phi) is 6.85. The summed E-state index contributed by atoms with van der Waals surface area (Å²) in [4.78, 5) is 40.1. The van der Waals surface area contributed by atoms with E-state index >= 15 is 0 Å². The van der Waals surface area contributed by atoms with Gasteiger partial charge in [0, 0.05) is 11.6 Å². The van der Waals surface area contributed by atoms with Crippen molar-refractivity contribution in [1.29, 1.82) is 0 Å². The van der Waals surface area contributed by atoms with Gasteiger partial charge >= 0.3 is 11.7 Å². The van der Waals surface area contributed by atoms with Crippen LogP contribution in [0.2, 0.25) is 0 Å². The van der Waals surface area contributed by atoms with Gasteiger partial charge in [0.2, 0.25) is 11.6 Å². The highest BCUT2D eigenvalue weighted by atomic mass is 16.6. The second-order valence-electron chi connectivity index (χ2n) is 8.31. The van der Waals surface area contributed by atoms with Crippen molar-refractivity contribution in [3.05, 3.63) is 86.7 Å². The number of rotatable bonds is 9. The molecule has 2 aromatic heterocycles. The molecule has 13 nitrogen and oxygen atoms in total. The van der Waals surface area contributed by atoms with Crippen LogP contribution in [0, 0.1) is 10.1 Å². The molecule has 0 atom stereocenters. The highest BCUT2D eigenvalue weighted by molar-refractivity contribution is 5.89. The minimum Gasteiger partial charge on any atom is -0.496 e. The highest BCUT2D eigenvalue weighted by Gasteiger charge is 2.23. The molecule has 3 aromatic carbocycles. The number of nitrogens with zero attached hydrogens (tertiary/aromatic N) is 4. The SMILES string of the molecule is COc1cc(C=Nn2c(-c3cc4c(OC)cccc4o3)nc3ccccc3c2=O)cc([N+](=O)[O-])c1OCC(=O)O. The van der Waals surface area contributed by atoms with Crippen LogP contribution < -0.4 is 19.8 Å². The molecule has 0 amide bonds. The van der Waals surface area contributed by atoms with E-state index in [-0.39, 0.29) is 34.0 Å². The van der Waals surface area contributed by atoms with Crippen LogP contribution in [-0.4, -0.2) is 52.7 Å². The van der Waals surface area contributed by atoms with Crippen LogP contribution in [0.25, 0.3) is 33.5 Å². The lowest BCUT2D eigenvalue weighted by Gasteiger charge is -2.11. The summed E-state index contributed by atoms with van der Waals surface area (Å²) in [6.45, 7) is -0.811. The van der Waals surface area contributed by atoms with Crippen LogP contribution in [0.4, 0.5) is 5.69 Å². The predicted molar refractivity (Wildman–Crippen MR) is 144 cm³/mol. The summed E-state index contributed by atoms with van der Waals surface area (Å²) in [6, 6.07) is 16.1. The lowest BCUT2D eigenvalue weighted by Crippen LogP contribution is -2.20. The van der Waals surface area contributed by atoms with Crippen molar-refractivity contribution in [3.8, 4) is 28.8 Å². The number of aliphatic carboxylic acids is 1. The first-order chi connectivity index (χ1) is 19.3. The standard InChI is InChI=1S/C27H20N4O9/c1-37-20-8-5-9-21-17(20)12-23(40-21)26-29-18-7-4-3-6-16(18)27(34)30(26)28-13-15-10-19(31(35)36)25(22(11-15)38-2)39-14-24(32)33/h3-13H,14H2,1-2H3,(H,32,33). The number of carbonyl (C=O) groups is 1. The average Bonchev–Trinajstić information content (AvgIpc) is 3.39. The average molecular weight is 544 g/mol. The number of para-hydroxylation sites is 1. The number of methoxy groups -OCH3 is 2. The fourth-order valence-corrected chi connectivity index (χ4v) is 4.09. The van der Waals surface area contributed by atoms with E-state index in [0.29, 0.717) is 22.2 Å². The normalized spacial score (nSPS) is 11.2. The summed E-state index contributed by atoms with van der Waals surface area (Å²) in [6.07, 6.45) is 1.21. The maximum Gasteiger partial charge on any atom is 0.341 e. The number of nitro benzene ring substituents is 1. The van der Waals surface area contributed by atoms with E-state index in [0.717, 1.165) is 10.7 Å². The van der Waals surface area contributed by atoms with Crippen molar-refractivity contribution in [3.63, 3.8) is 0 Å². The Balaban J connectivity index is 1.68. The van der Waals surface area contributed by atoms with Gasteiger partial charge in [0.05, 0.1) is 41.6 Å². The van der Waals surface area contributed by atoms with Crippen molar-refractivity contribution in [1.82, 2.24) is 9.66 Å². The molecule has 2 heterocycles. The zero-order chi connectivity index (χ0) is 28.4. The molecule has 0 aliphatic heterocycles. The Labute approximate surface area is 224 Å². The number of nitro groups is 1. The van der Waals surface area contributed by atoms with Crippen LogP contribution in [-0.2, 0) is 4.79 Å². The summed E-state index contributed by atoms with van der Waals surface area (Å²) < 4.78 is 22.7. The fourth-order valence-electron chi connectivity index (χ4n) is 4.09. The molecule has 0 aliphatic carbocycles. The van der Waals surface area contributed by atoms with Gasteiger partial charge in [0.25, 0.3) is 5.56 Å². The van der Waals surface area contributed by atoms with E-state index < -0.39 is 28.7 Å². The van der Waals surface area contributed by atoms with Gasteiger partial charge in [0.1, 0.15) is 11.3 Å². The molecule has 202 valence electrons. The van der Waals surface area contributed by atoms with E-state index in [9.17, 15) is 19.7 Å². The Morgan fingerprint density at radius 2 is 1.88 bits per heavy atom. The van der Waals surface area contributed by atoms with Gasteiger partial charge in [-0.3, -0.25) is 14.9 Å². The molecule has 5 rings (SSSR count). The number of carboxylic acid groups (broad SMARTS) is 1. The van der Waals surface area contributed by atoms with Crippen molar-refractivity contribution in [2.75, 3.05) is 20.8 Å². The maximum absolute atomic E-state index is 13.5. The minimum atomic E-state index is -1.32. The van der Waals surface area contributed by atoms with Crippen molar-refractivity contribution in [2.24, 2.45) is 5.10 Å². The largest absolute Gasteiger partial charge is 0.496 e. The highest BCUT2D eigenvalue weighted by Crippen LogP contribution is 2.38. The van der Waals surface area contributed by atoms with E-state index in [4.69, 9.17) is 23.7 Å². The Hall–Kier alpha value is -5.72. The number of carboxylic acids is 1. The summed E-state index contributed by atoms with van der Waals surface area (Å²) in [5, 5.41) is 25.9. The number of hydrogen-bond acceptors (Lipinski definition) is 10. The first-order valence-electron chi connectivity index (χ1n) is 11.6. The first-order valence-corrected chi connectivity index (χ1v) is 11.6. The third-order valence-electron chi connectivity index (χ3n) is 5.85. The predicted octanol–water partition coefficient (Wildman–Crippen LogP) is 4.08. The molecule has 0 spiro atoms.